The van der Waals surface area contributed by atoms with Gasteiger partial charge in [0.1, 0.15) is 33.7 Å². The summed E-state index contributed by atoms with van der Waals surface area (Å²) < 4.78 is 38.2. The van der Waals surface area contributed by atoms with Crippen molar-refractivity contribution in [3.8, 4) is 5.75 Å². The lowest BCUT2D eigenvalue weighted by atomic mass is 10.1. The Bertz CT molecular complexity index is 558. The number of alkyl halides is 1. The molecule has 0 saturated carbocycles. The predicted molar refractivity (Wildman–Crippen MR) is 71.8 cm³/mol. The van der Waals surface area contributed by atoms with Gasteiger partial charge in [0.25, 0.3) is 0 Å². The van der Waals surface area contributed by atoms with E-state index in [2.05, 4.69) is 15.9 Å². The van der Waals surface area contributed by atoms with E-state index in [9.17, 15) is 8.78 Å². The van der Waals surface area contributed by atoms with Crippen LogP contribution in [0.4, 0.5) is 8.78 Å². The topological polar surface area (TPSA) is 22.4 Å². The predicted octanol–water partition coefficient (Wildman–Crippen LogP) is 4.61. The molecule has 0 N–H and O–H groups in total. The largest absolute Gasteiger partial charge is 0.497 e. The van der Waals surface area contributed by atoms with Gasteiger partial charge in [-0.1, -0.05) is 22.9 Å². The molecule has 0 aliphatic carbocycles. The normalized spacial score (nSPS) is 12.5. The van der Waals surface area contributed by atoms with Gasteiger partial charge < -0.3 is 9.15 Å². The Labute approximate surface area is 118 Å². The summed E-state index contributed by atoms with van der Waals surface area (Å²) in [5, 5.41) is 0. The highest BCUT2D eigenvalue weighted by atomic mass is 79.9. The first-order valence-electron chi connectivity index (χ1n) is 5.82. The van der Waals surface area contributed by atoms with E-state index in [0.29, 0.717) is 5.76 Å². The van der Waals surface area contributed by atoms with Crippen LogP contribution in [0.3, 0.4) is 0 Å². The van der Waals surface area contributed by atoms with Gasteiger partial charge in [0.15, 0.2) is 0 Å². The average Bonchev–Trinajstić information content (AvgIpc) is 2.86. The molecule has 0 radical (unpaired) electrons. The average molecular weight is 331 g/mol. The van der Waals surface area contributed by atoms with Crippen LogP contribution in [-0.4, -0.2) is 7.11 Å². The molecule has 19 heavy (non-hydrogen) atoms. The highest BCUT2D eigenvalue weighted by Crippen LogP contribution is 2.36. The number of methoxy groups -OCH3 is 1. The van der Waals surface area contributed by atoms with E-state index < -0.39 is 16.5 Å². The number of furan rings is 1. The molecule has 0 bridgehead atoms. The van der Waals surface area contributed by atoms with Gasteiger partial charge in [-0.3, -0.25) is 0 Å². The molecule has 0 saturated heterocycles. The molecule has 1 aromatic heterocycles. The van der Waals surface area contributed by atoms with Crippen LogP contribution in [0, 0.1) is 11.6 Å². The number of rotatable bonds is 4. The van der Waals surface area contributed by atoms with Gasteiger partial charge in [-0.2, -0.15) is 0 Å². The lowest BCUT2D eigenvalue weighted by Gasteiger charge is -2.11. The maximum absolute atomic E-state index is 13.9. The second-order valence-corrected chi connectivity index (χ2v) is 4.94. The smallest absolute Gasteiger partial charge is 0.134 e. The van der Waals surface area contributed by atoms with E-state index >= 15 is 0 Å². The van der Waals surface area contributed by atoms with Crippen LogP contribution in [0.5, 0.6) is 5.75 Å². The van der Waals surface area contributed by atoms with Crippen molar-refractivity contribution in [2.24, 2.45) is 0 Å². The van der Waals surface area contributed by atoms with Gasteiger partial charge in [0.2, 0.25) is 0 Å². The summed E-state index contributed by atoms with van der Waals surface area (Å²) in [5.74, 6) is 0.0436. The van der Waals surface area contributed by atoms with Gasteiger partial charge >= 0.3 is 0 Å². The van der Waals surface area contributed by atoms with Gasteiger partial charge in [-0.05, 0) is 12.1 Å². The summed E-state index contributed by atoms with van der Waals surface area (Å²) in [5.41, 5.74) is -0.0854. The monoisotopic (exact) mass is 330 g/mol. The van der Waals surface area contributed by atoms with E-state index in [4.69, 9.17) is 9.15 Å². The zero-order valence-electron chi connectivity index (χ0n) is 10.5. The van der Waals surface area contributed by atoms with Crippen LogP contribution in [0.1, 0.15) is 28.8 Å². The fourth-order valence-electron chi connectivity index (χ4n) is 1.78. The van der Waals surface area contributed by atoms with E-state index in [1.54, 1.807) is 12.1 Å². The Morgan fingerprint density at radius 1 is 1.26 bits per heavy atom. The number of halogens is 3. The maximum Gasteiger partial charge on any atom is 0.134 e. The minimum absolute atomic E-state index is 0.0854. The number of benzene rings is 1. The molecule has 2 rings (SSSR count). The lowest BCUT2D eigenvalue weighted by molar-refractivity contribution is 0.404. The summed E-state index contributed by atoms with van der Waals surface area (Å²) in [6.07, 6.45) is 0.729. The first kappa shape index (κ1) is 14.1. The van der Waals surface area contributed by atoms with Crippen molar-refractivity contribution in [1.82, 2.24) is 0 Å². The van der Waals surface area contributed by atoms with Crippen LogP contribution >= 0.6 is 15.9 Å². The van der Waals surface area contributed by atoms with Gasteiger partial charge in [-0.25, -0.2) is 8.78 Å². The third kappa shape index (κ3) is 2.81. The Kier molecular flexibility index (Phi) is 4.24. The van der Waals surface area contributed by atoms with Crippen LogP contribution in [-0.2, 0) is 6.42 Å². The Morgan fingerprint density at radius 2 is 1.89 bits per heavy atom. The van der Waals surface area contributed by atoms with Crippen molar-refractivity contribution in [2.75, 3.05) is 7.11 Å². The lowest BCUT2D eigenvalue weighted by Crippen LogP contribution is -2.01. The standard InChI is InChI=1S/C14H13BrF2O2/c1-3-8-4-5-12(19-8)14(15)13-10(16)6-9(18-2)7-11(13)17/h4-7,14H,3H2,1-2H3. The zero-order chi connectivity index (χ0) is 14.0. The second-order valence-electron chi connectivity index (χ2n) is 4.02. The summed E-state index contributed by atoms with van der Waals surface area (Å²) in [6, 6.07) is 5.80. The van der Waals surface area contributed by atoms with Crippen molar-refractivity contribution < 1.29 is 17.9 Å². The van der Waals surface area contributed by atoms with Crippen molar-refractivity contribution in [1.29, 1.82) is 0 Å². The number of hydrogen-bond acceptors (Lipinski definition) is 2. The Morgan fingerprint density at radius 3 is 2.37 bits per heavy atom. The molecule has 5 heteroatoms. The summed E-state index contributed by atoms with van der Waals surface area (Å²) >= 11 is 3.27. The highest BCUT2D eigenvalue weighted by Gasteiger charge is 2.23. The molecule has 0 fully saturated rings. The Balaban J connectivity index is 2.40. The maximum atomic E-state index is 13.9. The van der Waals surface area contributed by atoms with Crippen molar-refractivity contribution in [3.05, 3.63) is 53.0 Å². The van der Waals surface area contributed by atoms with Gasteiger partial charge in [0, 0.05) is 24.1 Å². The van der Waals surface area contributed by atoms with Gasteiger partial charge in [-0.15, -0.1) is 0 Å². The quantitative estimate of drug-likeness (QED) is 0.763. The SMILES string of the molecule is CCc1ccc(C(Br)c2c(F)cc(OC)cc2F)o1. The molecule has 0 aliphatic heterocycles. The minimum atomic E-state index is -0.673. The van der Waals surface area contributed by atoms with E-state index in [-0.39, 0.29) is 11.3 Å². The summed E-state index contributed by atoms with van der Waals surface area (Å²) in [4.78, 5) is -0.668. The summed E-state index contributed by atoms with van der Waals surface area (Å²) in [7, 11) is 1.36. The molecule has 1 unspecified atom stereocenters. The Hall–Kier alpha value is -1.36. The molecule has 1 atom stereocenters. The van der Waals surface area contributed by atoms with Gasteiger partial charge in [0.05, 0.1) is 7.11 Å². The molecular weight excluding hydrogens is 318 g/mol. The molecule has 2 aromatic rings. The highest BCUT2D eigenvalue weighted by molar-refractivity contribution is 9.09. The number of aryl methyl sites for hydroxylation is 1. The van der Waals surface area contributed by atoms with Crippen molar-refractivity contribution in [2.45, 2.75) is 18.2 Å². The second kappa shape index (κ2) is 5.74. The molecule has 1 aromatic carbocycles. The molecule has 2 nitrogen and oxygen atoms in total. The molecule has 102 valence electrons. The van der Waals surface area contributed by atoms with E-state index in [1.165, 1.54) is 7.11 Å². The first-order chi connectivity index (χ1) is 9.06. The fraction of sp³-hybridized carbons (Fsp3) is 0.286. The molecule has 0 spiro atoms. The zero-order valence-corrected chi connectivity index (χ0v) is 12.1. The minimum Gasteiger partial charge on any atom is -0.497 e. The van der Waals surface area contributed by atoms with E-state index in [1.807, 2.05) is 6.92 Å². The summed E-state index contributed by atoms with van der Waals surface area (Å²) in [6.45, 7) is 1.94. The van der Waals surface area contributed by atoms with Crippen LogP contribution in [0.15, 0.2) is 28.7 Å². The first-order valence-corrected chi connectivity index (χ1v) is 6.74. The third-order valence-electron chi connectivity index (χ3n) is 2.82. The van der Waals surface area contributed by atoms with Crippen LogP contribution < -0.4 is 4.74 Å². The van der Waals surface area contributed by atoms with E-state index in [0.717, 1.165) is 24.3 Å². The van der Waals surface area contributed by atoms with Crippen molar-refractivity contribution >= 4 is 15.9 Å². The fourth-order valence-corrected chi connectivity index (χ4v) is 2.47. The molecular formula is C14H13BrF2O2. The van der Waals surface area contributed by atoms with Crippen molar-refractivity contribution in [3.63, 3.8) is 0 Å². The van der Waals surface area contributed by atoms with Crippen LogP contribution in [0.25, 0.3) is 0 Å². The number of ether oxygens (including phenoxy) is 1. The third-order valence-corrected chi connectivity index (χ3v) is 3.73. The molecule has 0 aliphatic rings. The molecule has 0 amide bonds. The molecule has 1 heterocycles. The van der Waals surface area contributed by atoms with Crippen LogP contribution in [0.2, 0.25) is 0 Å². The number of hydrogen-bond donors (Lipinski definition) is 0.